The van der Waals surface area contributed by atoms with Gasteiger partial charge in [-0.15, -0.1) is 0 Å². The molecule has 0 atom stereocenters. The van der Waals surface area contributed by atoms with E-state index in [4.69, 9.17) is 22.1 Å². The van der Waals surface area contributed by atoms with E-state index in [0.29, 0.717) is 34.1 Å². The fourth-order valence-electron chi connectivity index (χ4n) is 2.86. The number of nitrogens with one attached hydrogen (secondary N) is 1. The number of anilines is 2. The molecule has 3 aromatic rings. The van der Waals surface area contributed by atoms with Crippen LogP contribution in [-0.4, -0.2) is 38.8 Å². The Labute approximate surface area is 143 Å². The lowest BCUT2D eigenvalue weighted by Gasteiger charge is -2.22. The molecule has 3 N–H and O–H groups in total. The van der Waals surface area contributed by atoms with E-state index in [0.717, 1.165) is 31.7 Å². The van der Waals surface area contributed by atoms with Gasteiger partial charge in [-0.1, -0.05) is 17.7 Å². The summed E-state index contributed by atoms with van der Waals surface area (Å²) in [5, 5.41) is 3.99. The van der Waals surface area contributed by atoms with Crippen molar-refractivity contribution in [2.75, 3.05) is 24.3 Å². The van der Waals surface area contributed by atoms with Crippen LogP contribution in [0.3, 0.4) is 0 Å². The van der Waals surface area contributed by atoms with E-state index in [1.54, 1.807) is 10.8 Å². The molecule has 24 heavy (non-hydrogen) atoms. The Morgan fingerprint density at radius 2 is 2.08 bits per heavy atom. The lowest BCUT2D eigenvalue weighted by molar-refractivity contribution is 0.0903. The van der Waals surface area contributed by atoms with Gasteiger partial charge in [0.2, 0.25) is 11.9 Å². The third-order valence-corrected chi connectivity index (χ3v) is 4.28. The highest BCUT2D eigenvalue weighted by Crippen LogP contribution is 2.24. The molecular weight excluding hydrogens is 328 g/mol. The van der Waals surface area contributed by atoms with Crippen LogP contribution in [-0.2, 0) is 4.74 Å². The average molecular weight is 345 g/mol. The Morgan fingerprint density at radius 1 is 1.25 bits per heavy atom. The van der Waals surface area contributed by atoms with Gasteiger partial charge < -0.3 is 15.8 Å². The van der Waals surface area contributed by atoms with E-state index in [1.807, 2.05) is 24.3 Å². The highest BCUT2D eigenvalue weighted by Gasteiger charge is 2.17. The number of halogens is 1. The number of nitrogen functional groups attached to an aromatic ring is 1. The fourth-order valence-corrected chi connectivity index (χ4v) is 3.04. The zero-order chi connectivity index (χ0) is 16.5. The van der Waals surface area contributed by atoms with Crippen LogP contribution in [0.1, 0.15) is 12.8 Å². The van der Waals surface area contributed by atoms with Crippen LogP contribution < -0.4 is 11.1 Å². The number of rotatable bonds is 3. The first-order valence-corrected chi connectivity index (χ1v) is 8.20. The Kier molecular flexibility index (Phi) is 3.95. The molecule has 7 nitrogen and oxygen atoms in total. The molecule has 0 saturated carbocycles. The second-order valence-electron chi connectivity index (χ2n) is 5.72. The second kappa shape index (κ2) is 6.26. The maximum absolute atomic E-state index is 6.09. The van der Waals surface area contributed by atoms with E-state index in [2.05, 4.69) is 20.3 Å². The summed E-state index contributed by atoms with van der Waals surface area (Å²) in [6.07, 6.45) is 3.57. The Bertz CT molecular complexity index is 874. The number of benzene rings is 1. The van der Waals surface area contributed by atoms with Crippen molar-refractivity contribution in [3.05, 3.63) is 35.5 Å². The quantitative estimate of drug-likeness (QED) is 0.759. The van der Waals surface area contributed by atoms with Crippen molar-refractivity contribution < 1.29 is 4.74 Å². The summed E-state index contributed by atoms with van der Waals surface area (Å²) in [6, 6.07) is 7.74. The number of fused-ring (bicyclic) bond motifs is 1. The minimum atomic E-state index is 0.316. The minimum Gasteiger partial charge on any atom is -0.381 e. The molecule has 0 unspecified atom stereocenters. The van der Waals surface area contributed by atoms with E-state index < -0.39 is 0 Å². The monoisotopic (exact) mass is 344 g/mol. The molecule has 0 aliphatic carbocycles. The Hall–Kier alpha value is -2.38. The van der Waals surface area contributed by atoms with Crippen molar-refractivity contribution in [1.29, 1.82) is 0 Å². The SMILES string of the molecule is Nc1nc2cnc(NC3CCOCC3)nc2n1-c1cccc(Cl)c1. The largest absolute Gasteiger partial charge is 0.381 e. The number of hydrogen-bond donors (Lipinski definition) is 2. The summed E-state index contributed by atoms with van der Waals surface area (Å²) in [5.74, 6) is 0.919. The third kappa shape index (κ3) is 2.88. The van der Waals surface area contributed by atoms with Gasteiger partial charge in [0.1, 0.15) is 5.52 Å². The molecule has 0 radical (unpaired) electrons. The van der Waals surface area contributed by atoms with Crippen molar-refractivity contribution in [3.8, 4) is 5.69 Å². The number of ether oxygens (including phenoxy) is 1. The molecule has 4 rings (SSSR count). The highest BCUT2D eigenvalue weighted by atomic mass is 35.5. The van der Waals surface area contributed by atoms with Crippen LogP contribution in [0.2, 0.25) is 5.02 Å². The van der Waals surface area contributed by atoms with Gasteiger partial charge in [-0.05, 0) is 31.0 Å². The van der Waals surface area contributed by atoms with Crippen molar-refractivity contribution in [2.45, 2.75) is 18.9 Å². The molecule has 1 saturated heterocycles. The number of imidazole rings is 1. The lowest BCUT2D eigenvalue weighted by Crippen LogP contribution is -2.28. The molecule has 3 heterocycles. The van der Waals surface area contributed by atoms with Crippen molar-refractivity contribution >= 4 is 34.7 Å². The normalized spacial score (nSPS) is 15.7. The van der Waals surface area contributed by atoms with E-state index in [-0.39, 0.29) is 0 Å². The van der Waals surface area contributed by atoms with Gasteiger partial charge in [0.15, 0.2) is 5.65 Å². The summed E-state index contributed by atoms with van der Waals surface area (Å²) < 4.78 is 7.15. The zero-order valence-corrected chi connectivity index (χ0v) is 13.7. The maximum atomic E-state index is 6.09. The Balaban J connectivity index is 1.73. The second-order valence-corrected chi connectivity index (χ2v) is 6.16. The molecule has 1 aromatic carbocycles. The van der Waals surface area contributed by atoms with Gasteiger partial charge in [0.05, 0.1) is 11.9 Å². The highest BCUT2D eigenvalue weighted by molar-refractivity contribution is 6.30. The molecular formula is C16H17ClN6O. The summed E-state index contributed by atoms with van der Waals surface area (Å²) in [7, 11) is 0. The van der Waals surface area contributed by atoms with Crippen LogP contribution in [0.4, 0.5) is 11.9 Å². The predicted octanol–water partition coefficient (Wildman–Crippen LogP) is 2.64. The zero-order valence-electron chi connectivity index (χ0n) is 12.9. The minimum absolute atomic E-state index is 0.316. The van der Waals surface area contributed by atoms with Crippen LogP contribution >= 0.6 is 11.6 Å². The molecule has 1 aliphatic heterocycles. The molecule has 0 amide bonds. The van der Waals surface area contributed by atoms with Crippen molar-refractivity contribution in [2.24, 2.45) is 0 Å². The third-order valence-electron chi connectivity index (χ3n) is 4.05. The molecule has 1 fully saturated rings. The van der Waals surface area contributed by atoms with Crippen molar-refractivity contribution in [3.63, 3.8) is 0 Å². The Morgan fingerprint density at radius 3 is 2.88 bits per heavy atom. The average Bonchev–Trinajstić information content (AvgIpc) is 2.91. The van der Waals surface area contributed by atoms with E-state index in [9.17, 15) is 0 Å². The summed E-state index contributed by atoms with van der Waals surface area (Å²) in [5.41, 5.74) is 8.19. The first-order chi connectivity index (χ1) is 11.7. The molecule has 0 bridgehead atoms. The van der Waals surface area contributed by atoms with Gasteiger partial charge in [0, 0.05) is 24.3 Å². The molecule has 124 valence electrons. The first-order valence-electron chi connectivity index (χ1n) is 7.82. The van der Waals surface area contributed by atoms with Crippen LogP contribution in [0, 0.1) is 0 Å². The first kappa shape index (κ1) is 15.2. The summed E-state index contributed by atoms with van der Waals surface area (Å²) >= 11 is 6.09. The molecule has 8 heteroatoms. The topological polar surface area (TPSA) is 90.9 Å². The van der Waals surface area contributed by atoms with Gasteiger partial charge >= 0.3 is 0 Å². The van der Waals surface area contributed by atoms with E-state index in [1.165, 1.54) is 0 Å². The van der Waals surface area contributed by atoms with Gasteiger partial charge in [-0.3, -0.25) is 4.57 Å². The molecule has 2 aromatic heterocycles. The summed E-state index contributed by atoms with van der Waals surface area (Å²) in [4.78, 5) is 13.3. The molecule has 0 spiro atoms. The number of nitrogens with zero attached hydrogens (tertiary/aromatic N) is 4. The maximum Gasteiger partial charge on any atom is 0.224 e. The van der Waals surface area contributed by atoms with Gasteiger partial charge in [0.25, 0.3) is 0 Å². The smallest absolute Gasteiger partial charge is 0.224 e. The number of hydrogen-bond acceptors (Lipinski definition) is 6. The van der Waals surface area contributed by atoms with Crippen LogP contribution in [0.5, 0.6) is 0 Å². The fraction of sp³-hybridized carbons (Fsp3) is 0.312. The predicted molar refractivity (Wildman–Crippen MR) is 93.5 cm³/mol. The number of aromatic nitrogens is 4. The van der Waals surface area contributed by atoms with Crippen LogP contribution in [0.15, 0.2) is 30.5 Å². The molecule has 1 aliphatic rings. The number of nitrogens with two attached hydrogens (primary N) is 1. The van der Waals surface area contributed by atoms with Gasteiger partial charge in [-0.2, -0.15) is 4.98 Å². The standard InChI is InChI=1S/C16H17ClN6O/c17-10-2-1-3-12(8-10)23-14-13(21-15(23)18)9-19-16(22-14)20-11-4-6-24-7-5-11/h1-3,8-9,11H,4-7H2,(H2,18,21)(H,19,20,22). The van der Waals surface area contributed by atoms with Crippen LogP contribution in [0.25, 0.3) is 16.9 Å². The van der Waals surface area contributed by atoms with E-state index >= 15 is 0 Å². The van der Waals surface area contributed by atoms with Gasteiger partial charge in [-0.25, -0.2) is 9.97 Å². The summed E-state index contributed by atoms with van der Waals surface area (Å²) in [6.45, 7) is 1.51. The lowest BCUT2D eigenvalue weighted by atomic mass is 10.1. The van der Waals surface area contributed by atoms with Crippen molar-refractivity contribution in [1.82, 2.24) is 19.5 Å².